The van der Waals surface area contributed by atoms with Crippen molar-refractivity contribution in [2.75, 3.05) is 38.7 Å². The molecule has 9 nitrogen and oxygen atoms in total. The van der Waals surface area contributed by atoms with Crippen LogP contribution in [-0.2, 0) is 4.74 Å². The van der Waals surface area contributed by atoms with Crippen LogP contribution in [0.3, 0.4) is 0 Å². The molecule has 1 atom stereocenters. The number of nitrogens with zero attached hydrogens (tertiary/aromatic N) is 6. The highest BCUT2D eigenvalue weighted by Gasteiger charge is 2.27. The predicted molar refractivity (Wildman–Crippen MR) is 116 cm³/mol. The second kappa shape index (κ2) is 10.0. The highest BCUT2D eigenvalue weighted by atomic mass is 16.5. The minimum Gasteiger partial charge on any atom is -0.383 e. The molecule has 1 saturated heterocycles. The van der Waals surface area contributed by atoms with Gasteiger partial charge >= 0.3 is 0 Å². The summed E-state index contributed by atoms with van der Waals surface area (Å²) in [4.78, 5) is 36.7. The summed E-state index contributed by atoms with van der Waals surface area (Å²) in [7, 11) is 1.66. The van der Waals surface area contributed by atoms with E-state index in [2.05, 4.69) is 25.3 Å². The van der Waals surface area contributed by atoms with E-state index in [1.165, 1.54) is 0 Å². The molecule has 1 aliphatic heterocycles. The number of ether oxygens (including phenoxy) is 1. The van der Waals surface area contributed by atoms with Crippen LogP contribution in [0.15, 0.2) is 49.2 Å². The number of aromatic nitrogens is 5. The van der Waals surface area contributed by atoms with Gasteiger partial charge in [0.15, 0.2) is 5.82 Å². The molecule has 31 heavy (non-hydrogen) atoms. The first kappa shape index (κ1) is 20.8. The van der Waals surface area contributed by atoms with Gasteiger partial charge in [0.1, 0.15) is 11.5 Å². The minimum absolute atomic E-state index is 0.0220. The quantitative estimate of drug-likeness (QED) is 0.582. The first-order valence-corrected chi connectivity index (χ1v) is 10.3. The minimum atomic E-state index is 0.0220. The highest BCUT2D eigenvalue weighted by molar-refractivity contribution is 5.94. The number of piperidine rings is 1. The highest BCUT2D eigenvalue weighted by Crippen LogP contribution is 2.29. The van der Waals surface area contributed by atoms with Crippen molar-refractivity contribution in [2.24, 2.45) is 0 Å². The van der Waals surface area contributed by atoms with Gasteiger partial charge in [0.05, 0.1) is 18.5 Å². The molecule has 0 aliphatic carbocycles. The Kier molecular flexibility index (Phi) is 6.73. The van der Waals surface area contributed by atoms with Crippen LogP contribution in [0, 0.1) is 0 Å². The maximum atomic E-state index is 12.9. The number of amides is 1. The van der Waals surface area contributed by atoms with Crippen LogP contribution >= 0.6 is 0 Å². The molecule has 0 bridgehead atoms. The van der Waals surface area contributed by atoms with Gasteiger partial charge < -0.3 is 15.0 Å². The Hall–Kier alpha value is -3.46. The van der Waals surface area contributed by atoms with Gasteiger partial charge in [-0.05, 0) is 25.0 Å². The number of nitrogens with one attached hydrogen (secondary N) is 1. The van der Waals surface area contributed by atoms with E-state index < -0.39 is 0 Å². The smallest absolute Gasteiger partial charge is 0.253 e. The van der Waals surface area contributed by atoms with E-state index in [9.17, 15) is 4.79 Å². The molecule has 160 valence electrons. The van der Waals surface area contributed by atoms with Crippen LogP contribution in [0.1, 0.15) is 34.8 Å². The Morgan fingerprint density at radius 2 is 2.06 bits per heavy atom. The molecular formula is C22H25N7O2. The van der Waals surface area contributed by atoms with Crippen LogP contribution in [0.25, 0.3) is 11.5 Å². The second-order valence-electron chi connectivity index (χ2n) is 7.34. The van der Waals surface area contributed by atoms with Gasteiger partial charge in [0, 0.05) is 69.1 Å². The third-order valence-electron chi connectivity index (χ3n) is 5.20. The van der Waals surface area contributed by atoms with Crippen molar-refractivity contribution in [3.63, 3.8) is 0 Å². The van der Waals surface area contributed by atoms with E-state index >= 15 is 0 Å². The zero-order chi connectivity index (χ0) is 21.5. The van der Waals surface area contributed by atoms with E-state index in [1.807, 2.05) is 11.0 Å². The molecule has 3 aromatic heterocycles. The summed E-state index contributed by atoms with van der Waals surface area (Å²) in [6.07, 6.45) is 10.0. The van der Waals surface area contributed by atoms with E-state index in [0.717, 1.165) is 25.1 Å². The Bertz CT molecular complexity index is 1000. The fourth-order valence-corrected chi connectivity index (χ4v) is 3.66. The van der Waals surface area contributed by atoms with Gasteiger partial charge in [0.25, 0.3) is 5.91 Å². The van der Waals surface area contributed by atoms with E-state index in [4.69, 9.17) is 9.72 Å². The third-order valence-corrected chi connectivity index (χ3v) is 5.20. The van der Waals surface area contributed by atoms with Gasteiger partial charge in [-0.25, -0.2) is 15.0 Å². The van der Waals surface area contributed by atoms with Gasteiger partial charge in [-0.2, -0.15) is 0 Å². The fourth-order valence-electron chi connectivity index (χ4n) is 3.66. The van der Waals surface area contributed by atoms with Crippen LogP contribution < -0.4 is 5.32 Å². The molecule has 1 amide bonds. The van der Waals surface area contributed by atoms with Crippen molar-refractivity contribution in [3.8, 4) is 11.5 Å². The van der Waals surface area contributed by atoms with Crippen molar-refractivity contribution >= 4 is 11.7 Å². The van der Waals surface area contributed by atoms with Crippen molar-refractivity contribution in [1.82, 2.24) is 29.8 Å². The van der Waals surface area contributed by atoms with Crippen molar-refractivity contribution in [3.05, 3.63) is 60.4 Å². The molecule has 0 spiro atoms. The van der Waals surface area contributed by atoms with Crippen molar-refractivity contribution < 1.29 is 9.53 Å². The average Bonchev–Trinajstić information content (AvgIpc) is 2.85. The maximum absolute atomic E-state index is 12.9. The lowest BCUT2D eigenvalue weighted by atomic mass is 9.94. The van der Waals surface area contributed by atoms with Crippen LogP contribution in [0.4, 0.5) is 5.82 Å². The molecule has 0 saturated carbocycles. The zero-order valence-corrected chi connectivity index (χ0v) is 17.4. The number of carbonyl (C=O) groups excluding carboxylic acids is 1. The molecule has 4 heterocycles. The first-order valence-electron chi connectivity index (χ1n) is 10.3. The number of methoxy groups -OCH3 is 1. The molecular weight excluding hydrogens is 394 g/mol. The molecule has 1 aliphatic rings. The summed E-state index contributed by atoms with van der Waals surface area (Å²) >= 11 is 0. The second-order valence-corrected chi connectivity index (χ2v) is 7.34. The topological polar surface area (TPSA) is 106 Å². The van der Waals surface area contributed by atoms with E-state index in [0.29, 0.717) is 42.6 Å². The maximum Gasteiger partial charge on any atom is 0.253 e. The van der Waals surface area contributed by atoms with Crippen LogP contribution in [-0.4, -0.2) is 69.1 Å². The number of hydrogen-bond donors (Lipinski definition) is 1. The molecule has 0 unspecified atom stereocenters. The molecule has 4 rings (SSSR count). The number of hydrogen-bond acceptors (Lipinski definition) is 8. The molecule has 9 heteroatoms. The first-order chi connectivity index (χ1) is 15.2. The molecule has 0 radical (unpaired) electrons. The summed E-state index contributed by atoms with van der Waals surface area (Å²) in [6.45, 7) is 2.54. The lowest BCUT2D eigenvalue weighted by Crippen LogP contribution is -2.39. The van der Waals surface area contributed by atoms with Gasteiger partial charge in [-0.3, -0.25) is 14.8 Å². The lowest BCUT2D eigenvalue weighted by Gasteiger charge is -2.32. The molecule has 0 aromatic carbocycles. The number of pyridine rings is 1. The number of anilines is 1. The largest absolute Gasteiger partial charge is 0.383 e. The average molecular weight is 419 g/mol. The molecule has 1 N–H and O–H groups in total. The van der Waals surface area contributed by atoms with E-state index in [-0.39, 0.29) is 11.8 Å². The predicted octanol–water partition coefficient (Wildman–Crippen LogP) is 2.41. The van der Waals surface area contributed by atoms with Crippen LogP contribution in [0.5, 0.6) is 0 Å². The third kappa shape index (κ3) is 5.18. The Labute approximate surface area is 181 Å². The van der Waals surface area contributed by atoms with Gasteiger partial charge in [-0.1, -0.05) is 0 Å². The lowest BCUT2D eigenvalue weighted by molar-refractivity contribution is 0.0706. The van der Waals surface area contributed by atoms with Crippen LogP contribution in [0.2, 0.25) is 0 Å². The van der Waals surface area contributed by atoms with Crippen molar-refractivity contribution in [2.45, 2.75) is 18.8 Å². The summed E-state index contributed by atoms with van der Waals surface area (Å²) in [5.41, 5.74) is 2.16. The fraction of sp³-hybridized carbons (Fsp3) is 0.364. The van der Waals surface area contributed by atoms with E-state index in [1.54, 1.807) is 50.2 Å². The summed E-state index contributed by atoms with van der Waals surface area (Å²) in [6, 6.07) is 5.46. The SMILES string of the molecule is COCCNc1cc([C@@H]2CCCN(C(=O)c3ccncc3)C2)nc(-c2cnccn2)n1. The summed E-state index contributed by atoms with van der Waals surface area (Å²) in [5, 5.41) is 3.28. The molecule has 3 aromatic rings. The summed E-state index contributed by atoms with van der Waals surface area (Å²) in [5.74, 6) is 1.36. The monoisotopic (exact) mass is 419 g/mol. The van der Waals surface area contributed by atoms with Gasteiger partial charge in [-0.15, -0.1) is 0 Å². The summed E-state index contributed by atoms with van der Waals surface area (Å²) < 4.78 is 5.13. The number of likely N-dealkylation sites (tertiary alicyclic amines) is 1. The Morgan fingerprint density at radius 3 is 2.84 bits per heavy atom. The normalized spacial score (nSPS) is 16.2. The Balaban J connectivity index is 1.59. The Morgan fingerprint density at radius 1 is 1.19 bits per heavy atom. The van der Waals surface area contributed by atoms with Gasteiger partial charge in [0.2, 0.25) is 0 Å². The number of rotatable bonds is 7. The number of carbonyl (C=O) groups is 1. The van der Waals surface area contributed by atoms with Crippen molar-refractivity contribution in [1.29, 1.82) is 0 Å². The zero-order valence-electron chi connectivity index (χ0n) is 17.4. The standard InChI is InChI=1S/C22H25N7O2/c1-31-12-10-26-20-13-18(27-21(28-20)19-14-24-8-9-25-19)17-3-2-11-29(15-17)22(30)16-4-6-23-7-5-16/h4-9,13-14,17H,2-3,10-12,15H2,1H3,(H,26,27,28)/t17-/m1/s1. The molecule has 1 fully saturated rings.